The zero-order valence-corrected chi connectivity index (χ0v) is 17.1. The van der Waals surface area contributed by atoms with Crippen molar-refractivity contribution in [3.63, 3.8) is 0 Å². The molecule has 9 heteroatoms. The Morgan fingerprint density at radius 2 is 1.75 bits per heavy atom. The van der Waals surface area contributed by atoms with Crippen LogP contribution in [0.15, 0.2) is 47.1 Å². The van der Waals surface area contributed by atoms with Gasteiger partial charge in [-0.15, -0.1) is 24.8 Å². The molecule has 3 rings (SSSR count). The number of carbonyl (C=O) groups is 2. The second-order valence-electron chi connectivity index (χ2n) is 6.22. The molecule has 1 aliphatic heterocycles. The predicted octanol–water partition coefficient (Wildman–Crippen LogP) is 2.05. The fourth-order valence-electron chi connectivity index (χ4n) is 3.00. The molecule has 0 radical (unpaired) electrons. The number of anilines is 1. The molecule has 28 heavy (non-hydrogen) atoms. The summed E-state index contributed by atoms with van der Waals surface area (Å²) in [6.07, 6.45) is 1.67. The summed E-state index contributed by atoms with van der Waals surface area (Å²) < 4.78 is 5.14. The Morgan fingerprint density at radius 3 is 2.36 bits per heavy atom. The monoisotopic (exact) mass is 428 g/mol. The van der Waals surface area contributed by atoms with Gasteiger partial charge >= 0.3 is 0 Å². The maximum Gasteiger partial charge on any atom is 0.254 e. The fourth-order valence-corrected chi connectivity index (χ4v) is 3.00. The van der Waals surface area contributed by atoms with Crippen LogP contribution in [0.2, 0.25) is 0 Å². The highest BCUT2D eigenvalue weighted by molar-refractivity contribution is 5.94. The van der Waals surface area contributed by atoms with Gasteiger partial charge in [-0.25, -0.2) is 0 Å². The zero-order valence-electron chi connectivity index (χ0n) is 15.5. The van der Waals surface area contributed by atoms with E-state index in [1.165, 1.54) is 12.0 Å². The topological polar surface area (TPSA) is 91.8 Å². The molecule has 1 aliphatic rings. The molecule has 2 aromatic rings. The second kappa shape index (κ2) is 11.6. The summed E-state index contributed by atoms with van der Waals surface area (Å²) in [5.74, 6) is 0.366. The number of nitrogens with two attached hydrogens (primary N) is 1. The third kappa shape index (κ3) is 6.15. The predicted molar refractivity (Wildman–Crippen MR) is 113 cm³/mol. The van der Waals surface area contributed by atoms with E-state index in [2.05, 4.69) is 22.3 Å². The zero-order chi connectivity index (χ0) is 18.4. The van der Waals surface area contributed by atoms with Crippen LogP contribution in [0.25, 0.3) is 0 Å². The van der Waals surface area contributed by atoms with E-state index >= 15 is 0 Å². The summed E-state index contributed by atoms with van der Waals surface area (Å²) >= 11 is 0. The van der Waals surface area contributed by atoms with Crippen molar-refractivity contribution in [3.8, 4) is 0 Å². The Bertz CT molecular complexity index is 747. The van der Waals surface area contributed by atoms with Crippen LogP contribution in [0.4, 0.5) is 5.69 Å². The third-order valence-corrected chi connectivity index (χ3v) is 4.50. The van der Waals surface area contributed by atoms with Gasteiger partial charge in [0, 0.05) is 44.8 Å². The first-order chi connectivity index (χ1) is 12.7. The standard InChI is InChI=1S/C19H24N4O3.2ClH/c20-13-17-12-15(14-26-17)19(25)21-7-6-18(24)23-10-8-22(9-11-23)16-4-2-1-3-5-16;;/h1-5,12,14H,6-11,13,20H2,(H,21,25);2*1H. The van der Waals surface area contributed by atoms with Gasteiger partial charge in [-0.1, -0.05) is 18.2 Å². The number of carbonyl (C=O) groups excluding carboxylic acids is 2. The van der Waals surface area contributed by atoms with Crippen molar-refractivity contribution in [1.29, 1.82) is 0 Å². The molecule has 7 nitrogen and oxygen atoms in total. The quantitative estimate of drug-likeness (QED) is 0.734. The lowest BCUT2D eigenvalue weighted by atomic mass is 10.2. The molecule has 1 aromatic carbocycles. The average molecular weight is 429 g/mol. The van der Waals surface area contributed by atoms with Gasteiger partial charge < -0.3 is 25.3 Å². The number of halogens is 2. The molecule has 0 saturated carbocycles. The maximum atomic E-state index is 12.3. The van der Waals surface area contributed by atoms with Crippen LogP contribution in [-0.2, 0) is 11.3 Å². The molecular formula is C19H26Cl2N4O3. The second-order valence-corrected chi connectivity index (χ2v) is 6.22. The van der Waals surface area contributed by atoms with E-state index in [1.807, 2.05) is 23.1 Å². The van der Waals surface area contributed by atoms with Crippen molar-refractivity contribution in [2.24, 2.45) is 5.73 Å². The van der Waals surface area contributed by atoms with Gasteiger partial charge in [-0.2, -0.15) is 0 Å². The molecular weight excluding hydrogens is 403 g/mol. The molecule has 2 amide bonds. The van der Waals surface area contributed by atoms with E-state index in [-0.39, 0.29) is 43.2 Å². The number of nitrogens with zero attached hydrogens (tertiary/aromatic N) is 2. The van der Waals surface area contributed by atoms with Crippen LogP contribution in [-0.4, -0.2) is 49.4 Å². The summed E-state index contributed by atoms with van der Waals surface area (Å²) in [6.45, 7) is 3.59. The molecule has 3 N–H and O–H groups in total. The number of amides is 2. The van der Waals surface area contributed by atoms with Crippen molar-refractivity contribution >= 4 is 42.3 Å². The molecule has 0 bridgehead atoms. The third-order valence-electron chi connectivity index (χ3n) is 4.50. The lowest BCUT2D eigenvalue weighted by Gasteiger charge is -2.36. The summed E-state index contributed by atoms with van der Waals surface area (Å²) in [6, 6.07) is 11.8. The van der Waals surface area contributed by atoms with Crippen LogP contribution < -0.4 is 16.0 Å². The van der Waals surface area contributed by atoms with Crippen LogP contribution in [0.3, 0.4) is 0 Å². The maximum absolute atomic E-state index is 12.3. The van der Waals surface area contributed by atoms with Crippen molar-refractivity contribution in [2.75, 3.05) is 37.6 Å². The SMILES string of the molecule is Cl.Cl.NCc1cc(C(=O)NCCC(=O)N2CCN(c3ccccc3)CC2)co1. The number of hydrogen-bond acceptors (Lipinski definition) is 5. The molecule has 1 fully saturated rings. The summed E-state index contributed by atoms with van der Waals surface area (Å²) in [5, 5.41) is 2.74. The number of piperazine rings is 1. The Kier molecular flexibility index (Phi) is 9.85. The van der Waals surface area contributed by atoms with Gasteiger partial charge in [0.15, 0.2) is 0 Å². The lowest BCUT2D eigenvalue weighted by molar-refractivity contribution is -0.131. The number of nitrogens with one attached hydrogen (secondary N) is 1. The number of para-hydroxylation sites is 1. The van der Waals surface area contributed by atoms with Gasteiger partial charge in [0.1, 0.15) is 12.0 Å². The van der Waals surface area contributed by atoms with Gasteiger partial charge in [0.25, 0.3) is 5.91 Å². The minimum atomic E-state index is -0.254. The summed E-state index contributed by atoms with van der Waals surface area (Å²) in [5.41, 5.74) is 7.06. The molecule has 2 heterocycles. The molecule has 0 spiro atoms. The molecule has 0 atom stereocenters. The Hall–Kier alpha value is -2.22. The molecule has 1 aromatic heterocycles. The number of hydrogen-bond donors (Lipinski definition) is 2. The average Bonchev–Trinajstić information content (AvgIpc) is 3.18. The van der Waals surface area contributed by atoms with Crippen molar-refractivity contribution in [1.82, 2.24) is 10.2 Å². The molecule has 0 unspecified atom stereocenters. The van der Waals surface area contributed by atoms with E-state index in [0.29, 0.717) is 37.4 Å². The number of benzene rings is 1. The van der Waals surface area contributed by atoms with Gasteiger partial charge in [0.2, 0.25) is 5.91 Å². The smallest absolute Gasteiger partial charge is 0.254 e. The highest BCUT2D eigenvalue weighted by Gasteiger charge is 2.21. The van der Waals surface area contributed by atoms with E-state index in [4.69, 9.17) is 10.2 Å². The first kappa shape index (κ1) is 23.8. The number of rotatable bonds is 6. The fraction of sp³-hybridized carbons (Fsp3) is 0.368. The van der Waals surface area contributed by atoms with Crippen LogP contribution in [0.1, 0.15) is 22.5 Å². The lowest BCUT2D eigenvalue weighted by Crippen LogP contribution is -2.49. The summed E-state index contributed by atoms with van der Waals surface area (Å²) in [7, 11) is 0. The Balaban J connectivity index is 0.00000196. The van der Waals surface area contributed by atoms with Crippen LogP contribution in [0, 0.1) is 0 Å². The Labute approximate surface area is 177 Å². The van der Waals surface area contributed by atoms with Crippen molar-refractivity contribution in [3.05, 3.63) is 54.0 Å². The largest absolute Gasteiger partial charge is 0.467 e. The van der Waals surface area contributed by atoms with Crippen LogP contribution >= 0.6 is 24.8 Å². The van der Waals surface area contributed by atoms with Gasteiger partial charge in [0.05, 0.1) is 12.1 Å². The van der Waals surface area contributed by atoms with Gasteiger partial charge in [-0.05, 0) is 18.2 Å². The van der Waals surface area contributed by atoms with Crippen molar-refractivity contribution in [2.45, 2.75) is 13.0 Å². The first-order valence-corrected chi connectivity index (χ1v) is 8.81. The minimum Gasteiger partial charge on any atom is -0.467 e. The highest BCUT2D eigenvalue weighted by atomic mass is 35.5. The normalized spacial score (nSPS) is 13.3. The van der Waals surface area contributed by atoms with Gasteiger partial charge in [-0.3, -0.25) is 9.59 Å². The van der Waals surface area contributed by atoms with Crippen molar-refractivity contribution < 1.29 is 14.0 Å². The van der Waals surface area contributed by atoms with E-state index in [9.17, 15) is 9.59 Å². The van der Waals surface area contributed by atoms with E-state index in [1.54, 1.807) is 6.07 Å². The van der Waals surface area contributed by atoms with Crippen LogP contribution in [0.5, 0.6) is 0 Å². The number of furan rings is 1. The highest BCUT2D eigenvalue weighted by Crippen LogP contribution is 2.15. The van der Waals surface area contributed by atoms with E-state index in [0.717, 1.165) is 13.1 Å². The minimum absolute atomic E-state index is 0. The first-order valence-electron chi connectivity index (χ1n) is 8.81. The molecule has 0 aliphatic carbocycles. The van der Waals surface area contributed by atoms with E-state index < -0.39 is 0 Å². The summed E-state index contributed by atoms with van der Waals surface area (Å²) in [4.78, 5) is 28.5. The molecule has 154 valence electrons. The molecule has 1 saturated heterocycles. The Morgan fingerprint density at radius 1 is 1.07 bits per heavy atom.